The van der Waals surface area contributed by atoms with Crippen molar-refractivity contribution in [3.05, 3.63) is 6.92 Å². The molecule has 1 fully saturated rings. The topological polar surface area (TPSA) is 0 Å². The Morgan fingerprint density at radius 1 is 1.57 bits per heavy atom. The van der Waals surface area contributed by atoms with Crippen LogP contribution in [0.2, 0.25) is 0 Å². The highest BCUT2D eigenvalue weighted by Crippen LogP contribution is 2.34. The van der Waals surface area contributed by atoms with Gasteiger partial charge >= 0.3 is 0 Å². The monoisotopic (exact) mass is 97.1 g/mol. The van der Waals surface area contributed by atoms with Crippen molar-refractivity contribution < 1.29 is 0 Å². The summed E-state index contributed by atoms with van der Waals surface area (Å²) in [6.07, 6.45) is 4.03. The van der Waals surface area contributed by atoms with E-state index in [1.54, 1.807) is 0 Å². The molecule has 1 aliphatic rings. The van der Waals surface area contributed by atoms with Gasteiger partial charge in [0.25, 0.3) is 0 Å². The Hall–Kier alpha value is -0.130. The molecule has 0 saturated heterocycles. The van der Waals surface area contributed by atoms with Crippen molar-refractivity contribution in [1.29, 1.82) is 0 Å². The van der Waals surface area contributed by atoms with E-state index >= 15 is 0 Å². The second kappa shape index (κ2) is 1.77. The molecule has 0 amide bonds. The van der Waals surface area contributed by atoms with E-state index in [9.17, 15) is 0 Å². The SMILES string of the molecule is [CH2+]CC1CC(C)C1. The Kier molecular flexibility index (Phi) is 1.27. The molecular weight excluding hydrogens is 84.1 g/mol. The molecule has 0 heteroatoms. The predicted molar refractivity (Wildman–Crippen MR) is 31.9 cm³/mol. The maximum atomic E-state index is 3.84. The molecular formula is C7H13+. The first-order chi connectivity index (χ1) is 3.33. The molecule has 0 N–H and O–H groups in total. The highest BCUT2D eigenvalue weighted by Gasteiger charge is 2.25. The van der Waals surface area contributed by atoms with E-state index in [2.05, 4.69) is 13.8 Å². The second-order valence-corrected chi connectivity index (χ2v) is 2.73. The molecule has 0 bridgehead atoms. The van der Waals surface area contributed by atoms with Crippen LogP contribution in [0.4, 0.5) is 0 Å². The molecule has 0 heterocycles. The molecule has 0 aromatic rings. The Morgan fingerprint density at radius 3 is 2.29 bits per heavy atom. The van der Waals surface area contributed by atoms with E-state index in [1.807, 2.05) is 0 Å². The van der Waals surface area contributed by atoms with Crippen molar-refractivity contribution in [3.63, 3.8) is 0 Å². The van der Waals surface area contributed by atoms with Gasteiger partial charge in [0.1, 0.15) is 0 Å². The van der Waals surface area contributed by atoms with Crippen LogP contribution in [0.3, 0.4) is 0 Å². The van der Waals surface area contributed by atoms with Gasteiger partial charge in [-0.1, -0.05) is 6.92 Å². The first-order valence-corrected chi connectivity index (χ1v) is 3.12. The van der Waals surface area contributed by atoms with Crippen molar-refractivity contribution in [1.82, 2.24) is 0 Å². The van der Waals surface area contributed by atoms with Crippen molar-refractivity contribution in [2.24, 2.45) is 11.8 Å². The zero-order valence-corrected chi connectivity index (χ0v) is 4.98. The van der Waals surface area contributed by atoms with E-state index in [1.165, 1.54) is 12.8 Å². The second-order valence-electron chi connectivity index (χ2n) is 2.73. The van der Waals surface area contributed by atoms with Gasteiger partial charge in [-0.05, 0) is 24.7 Å². The summed E-state index contributed by atoms with van der Waals surface area (Å²) in [5.41, 5.74) is 0. The summed E-state index contributed by atoms with van der Waals surface area (Å²) < 4.78 is 0. The lowest BCUT2D eigenvalue weighted by atomic mass is 9.75. The first kappa shape index (κ1) is 5.02. The van der Waals surface area contributed by atoms with Gasteiger partial charge in [0, 0.05) is 0 Å². The average molecular weight is 97.2 g/mol. The van der Waals surface area contributed by atoms with Crippen molar-refractivity contribution in [2.75, 3.05) is 0 Å². The summed E-state index contributed by atoms with van der Waals surface area (Å²) in [5.74, 6) is 1.99. The van der Waals surface area contributed by atoms with Gasteiger partial charge in [0.15, 0.2) is 0 Å². The van der Waals surface area contributed by atoms with Gasteiger partial charge in [0.05, 0.1) is 13.3 Å². The van der Waals surface area contributed by atoms with Gasteiger partial charge in [-0.15, -0.1) is 0 Å². The van der Waals surface area contributed by atoms with Gasteiger partial charge in [-0.2, -0.15) is 0 Å². The quantitative estimate of drug-likeness (QED) is 0.440. The average Bonchev–Trinajstić information content (AvgIpc) is 1.58. The fourth-order valence-electron chi connectivity index (χ4n) is 1.30. The molecule has 1 saturated carbocycles. The summed E-state index contributed by atoms with van der Waals surface area (Å²) in [5, 5.41) is 0. The Bertz CT molecular complexity index is 51.1. The fourth-order valence-corrected chi connectivity index (χ4v) is 1.30. The van der Waals surface area contributed by atoms with Crippen LogP contribution in [-0.2, 0) is 0 Å². The van der Waals surface area contributed by atoms with Crippen LogP contribution in [-0.4, -0.2) is 0 Å². The highest BCUT2D eigenvalue weighted by atomic mass is 14.3. The van der Waals surface area contributed by atoms with E-state index in [4.69, 9.17) is 0 Å². The summed E-state index contributed by atoms with van der Waals surface area (Å²) in [4.78, 5) is 0. The van der Waals surface area contributed by atoms with Gasteiger partial charge in [-0.25, -0.2) is 0 Å². The molecule has 0 spiro atoms. The number of hydrogen-bond acceptors (Lipinski definition) is 0. The molecule has 0 aromatic heterocycles. The number of rotatable bonds is 1. The smallest absolute Gasteiger partial charge is 0.0625 e. The van der Waals surface area contributed by atoms with Crippen LogP contribution in [0.5, 0.6) is 0 Å². The molecule has 0 aliphatic heterocycles. The molecule has 1 rings (SSSR count). The normalized spacial score (nSPS) is 40.1. The molecule has 0 nitrogen and oxygen atoms in total. The van der Waals surface area contributed by atoms with Crippen molar-refractivity contribution >= 4 is 0 Å². The van der Waals surface area contributed by atoms with Crippen LogP contribution >= 0.6 is 0 Å². The zero-order chi connectivity index (χ0) is 5.28. The fraction of sp³-hybridized carbons (Fsp3) is 0.857. The standard InChI is InChI=1S/C7H13/c1-3-7-4-6(2)5-7/h6-7H,1,3-5H2,2H3/q+1. The Labute approximate surface area is 45.9 Å². The van der Waals surface area contributed by atoms with Gasteiger partial charge in [-0.3, -0.25) is 0 Å². The Balaban J connectivity index is 2.06. The van der Waals surface area contributed by atoms with Crippen LogP contribution in [0.15, 0.2) is 0 Å². The zero-order valence-electron chi connectivity index (χ0n) is 4.98. The van der Waals surface area contributed by atoms with E-state index < -0.39 is 0 Å². The van der Waals surface area contributed by atoms with Crippen molar-refractivity contribution in [3.8, 4) is 0 Å². The molecule has 40 valence electrons. The predicted octanol–water partition coefficient (Wildman–Crippen LogP) is 2.26. The lowest BCUT2D eigenvalue weighted by molar-refractivity contribution is 0.214. The molecule has 1 aliphatic carbocycles. The lowest BCUT2D eigenvalue weighted by Gasteiger charge is -2.29. The molecule has 0 atom stereocenters. The third-order valence-electron chi connectivity index (χ3n) is 1.88. The van der Waals surface area contributed by atoms with Gasteiger partial charge in [0.2, 0.25) is 0 Å². The Morgan fingerprint density at radius 2 is 2.14 bits per heavy atom. The molecule has 7 heavy (non-hydrogen) atoms. The van der Waals surface area contributed by atoms with Crippen LogP contribution in [0, 0.1) is 18.8 Å². The minimum Gasteiger partial charge on any atom is -0.0625 e. The molecule has 0 radical (unpaired) electrons. The minimum absolute atomic E-state index is 0.981. The lowest BCUT2D eigenvalue weighted by Crippen LogP contribution is -2.19. The summed E-state index contributed by atoms with van der Waals surface area (Å²) in [7, 11) is 0. The molecule has 0 aromatic carbocycles. The summed E-state index contributed by atoms with van der Waals surface area (Å²) in [6.45, 7) is 6.15. The minimum atomic E-state index is 0.981. The third-order valence-corrected chi connectivity index (χ3v) is 1.88. The molecule has 0 unspecified atom stereocenters. The highest BCUT2D eigenvalue weighted by molar-refractivity contribution is 4.76. The maximum Gasteiger partial charge on any atom is 0.0878 e. The van der Waals surface area contributed by atoms with Crippen molar-refractivity contribution in [2.45, 2.75) is 26.2 Å². The largest absolute Gasteiger partial charge is 0.0878 e. The third kappa shape index (κ3) is 0.902. The van der Waals surface area contributed by atoms with Crippen LogP contribution in [0.1, 0.15) is 26.2 Å². The van der Waals surface area contributed by atoms with E-state index in [0.29, 0.717) is 0 Å². The van der Waals surface area contributed by atoms with Crippen LogP contribution in [0.25, 0.3) is 0 Å². The first-order valence-electron chi connectivity index (χ1n) is 3.12. The van der Waals surface area contributed by atoms with Gasteiger partial charge < -0.3 is 0 Å². The summed E-state index contributed by atoms with van der Waals surface area (Å²) in [6, 6.07) is 0. The van der Waals surface area contributed by atoms with E-state index in [0.717, 1.165) is 18.3 Å². The maximum absolute atomic E-state index is 3.84. The summed E-state index contributed by atoms with van der Waals surface area (Å²) >= 11 is 0. The van der Waals surface area contributed by atoms with E-state index in [-0.39, 0.29) is 0 Å². The number of hydrogen-bond donors (Lipinski definition) is 0. The van der Waals surface area contributed by atoms with Crippen LogP contribution < -0.4 is 0 Å².